The molecule has 2 unspecified atom stereocenters. The molecule has 33 heavy (non-hydrogen) atoms. The van der Waals surface area contributed by atoms with Crippen LogP contribution in [0.5, 0.6) is 0 Å². The molecule has 0 aromatic carbocycles. The van der Waals surface area contributed by atoms with Gasteiger partial charge in [0.1, 0.15) is 0 Å². The van der Waals surface area contributed by atoms with Gasteiger partial charge >= 0.3 is 0 Å². The standard InChI is InChI=1S/C33H58/c1-17-28(9)33(16,22-24(2)3)32(14,15)31(12,13)23-29(25(4)5)27(8)20-18-19-21-30(10,11)26(6)7/h17-21,24-26,29H,1,8-9,22-23H2,2-7,10-16H3/b20-18-,21-19+. The van der Waals surface area contributed by atoms with Crippen LogP contribution in [0.2, 0.25) is 0 Å². The molecule has 0 rings (SSSR count). The molecule has 0 spiro atoms. The van der Waals surface area contributed by atoms with Gasteiger partial charge in [-0.2, -0.15) is 0 Å². The Morgan fingerprint density at radius 3 is 1.70 bits per heavy atom. The molecule has 0 bridgehead atoms. The maximum absolute atomic E-state index is 4.52. The van der Waals surface area contributed by atoms with Crippen molar-refractivity contribution in [3.63, 3.8) is 0 Å². The van der Waals surface area contributed by atoms with Crippen molar-refractivity contribution in [3.05, 3.63) is 61.3 Å². The molecular formula is C33H58. The molecule has 0 fully saturated rings. The first kappa shape index (κ1) is 31.7. The monoisotopic (exact) mass is 454 g/mol. The summed E-state index contributed by atoms with van der Waals surface area (Å²) in [5.41, 5.74) is 2.69. The summed E-state index contributed by atoms with van der Waals surface area (Å²) < 4.78 is 0. The Morgan fingerprint density at radius 1 is 0.788 bits per heavy atom. The first-order valence-electron chi connectivity index (χ1n) is 13.1. The molecule has 0 heterocycles. The second-order valence-electron chi connectivity index (χ2n) is 13.5. The molecule has 2 atom stereocenters. The van der Waals surface area contributed by atoms with E-state index >= 15 is 0 Å². The normalized spacial score (nSPS) is 16.7. The zero-order valence-corrected chi connectivity index (χ0v) is 24.7. The molecule has 0 N–H and O–H groups in total. The van der Waals surface area contributed by atoms with E-state index in [0.717, 1.165) is 18.4 Å². The molecule has 0 aliphatic carbocycles. The van der Waals surface area contributed by atoms with Crippen molar-refractivity contribution in [2.75, 3.05) is 0 Å². The van der Waals surface area contributed by atoms with E-state index in [4.69, 9.17) is 0 Å². The van der Waals surface area contributed by atoms with Crippen LogP contribution in [0.1, 0.15) is 103 Å². The summed E-state index contributed by atoms with van der Waals surface area (Å²) in [6.07, 6.45) is 13.1. The second-order valence-corrected chi connectivity index (χ2v) is 13.5. The topological polar surface area (TPSA) is 0 Å². The maximum atomic E-state index is 4.52. The lowest BCUT2D eigenvalue weighted by Gasteiger charge is -2.56. The van der Waals surface area contributed by atoms with Gasteiger partial charge in [0, 0.05) is 0 Å². The average Bonchev–Trinajstić information content (AvgIpc) is 2.67. The van der Waals surface area contributed by atoms with Gasteiger partial charge in [-0.3, -0.25) is 0 Å². The van der Waals surface area contributed by atoms with E-state index in [2.05, 4.69) is 134 Å². The van der Waals surface area contributed by atoms with Crippen molar-refractivity contribution in [1.82, 2.24) is 0 Å². The van der Waals surface area contributed by atoms with E-state index in [0.29, 0.717) is 23.7 Å². The Labute approximate surface area is 209 Å². The summed E-state index contributed by atoms with van der Waals surface area (Å²) in [4.78, 5) is 0. The SMILES string of the molecule is C=CC(=C)C(C)(CC(C)C)C(C)(C)C(C)(C)CC(C(=C)/C=C\C=C\C(C)(C)C(C)C)C(C)C. The molecule has 190 valence electrons. The minimum absolute atomic E-state index is 0.0176. The van der Waals surface area contributed by atoms with Gasteiger partial charge in [0.05, 0.1) is 0 Å². The molecule has 0 radical (unpaired) electrons. The van der Waals surface area contributed by atoms with E-state index < -0.39 is 0 Å². The number of hydrogen-bond acceptors (Lipinski definition) is 0. The van der Waals surface area contributed by atoms with Gasteiger partial charge in [0.2, 0.25) is 0 Å². The summed E-state index contributed by atoms with van der Waals surface area (Å²) >= 11 is 0. The van der Waals surface area contributed by atoms with Gasteiger partial charge < -0.3 is 0 Å². The summed E-state index contributed by atoms with van der Waals surface area (Å²) in [5.74, 6) is 2.18. The van der Waals surface area contributed by atoms with Gasteiger partial charge in [-0.05, 0) is 63.7 Å². The Bertz CT molecular complexity index is 717. The largest absolute Gasteiger partial charge is 0.0988 e. The molecule has 0 aromatic heterocycles. The van der Waals surface area contributed by atoms with E-state index in [9.17, 15) is 0 Å². The lowest BCUT2D eigenvalue weighted by Crippen LogP contribution is -2.48. The van der Waals surface area contributed by atoms with Crippen molar-refractivity contribution in [1.29, 1.82) is 0 Å². The van der Waals surface area contributed by atoms with Crippen LogP contribution in [-0.4, -0.2) is 0 Å². The lowest BCUT2D eigenvalue weighted by molar-refractivity contribution is -0.0324. The van der Waals surface area contributed by atoms with Crippen molar-refractivity contribution >= 4 is 0 Å². The smallest absolute Gasteiger partial charge is 0.00227 e. The second kappa shape index (κ2) is 11.9. The summed E-state index contributed by atoms with van der Waals surface area (Å²) in [6.45, 7) is 43.7. The minimum Gasteiger partial charge on any atom is -0.0988 e. The van der Waals surface area contributed by atoms with E-state index in [1.165, 1.54) is 5.57 Å². The summed E-state index contributed by atoms with van der Waals surface area (Å²) in [5, 5.41) is 0. The predicted molar refractivity (Wildman–Crippen MR) is 153 cm³/mol. The molecular weight excluding hydrogens is 396 g/mol. The van der Waals surface area contributed by atoms with Crippen LogP contribution in [0.15, 0.2) is 61.3 Å². The predicted octanol–water partition coefficient (Wildman–Crippen LogP) is 10.8. The van der Waals surface area contributed by atoms with Crippen LogP contribution in [0.3, 0.4) is 0 Å². The van der Waals surface area contributed by atoms with Crippen molar-refractivity contribution in [3.8, 4) is 0 Å². The van der Waals surface area contributed by atoms with Gasteiger partial charge in [0.15, 0.2) is 0 Å². The van der Waals surface area contributed by atoms with E-state index in [1.807, 2.05) is 6.08 Å². The number of rotatable bonds is 14. The number of allylic oxidation sites excluding steroid dienone is 7. The van der Waals surface area contributed by atoms with Crippen LogP contribution in [0.25, 0.3) is 0 Å². The third kappa shape index (κ3) is 7.87. The highest BCUT2D eigenvalue weighted by Crippen LogP contribution is 2.60. The van der Waals surface area contributed by atoms with Gasteiger partial charge in [-0.1, -0.05) is 146 Å². The zero-order chi connectivity index (χ0) is 26.4. The Balaban J connectivity index is 5.94. The van der Waals surface area contributed by atoms with E-state index in [1.54, 1.807) is 0 Å². The molecule has 0 nitrogen and oxygen atoms in total. The van der Waals surface area contributed by atoms with Crippen molar-refractivity contribution < 1.29 is 0 Å². The van der Waals surface area contributed by atoms with Crippen molar-refractivity contribution in [2.45, 2.75) is 103 Å². The Kier molecular flexibility index (Phi) is 11.4. The average molecular weight is 455 g/mol. The van der Waals surface area contributed by atoms with E-state index in [-0.39, 0.29) is 21.7 Å². The quantitative estimate of drug-likeness (QED) is 0.229. The molecule has 0 aliphatic heterocycles. The molecule has 0 saturated carbocycles. The fourth-order valence-electron chi connectivity index (χ4n) is 4.97. The minimum atomic E-state index is -0.0176. The summed E-state index contributed by atoms with van der Waals surface area (Å²) in [7, 11) is 0. The Morgan fingerprint density at radius 2 is 1.30 bits per heavy atom. The maximum Gasteiger partial charge on any atom is -0.00227 e. The third-order valence-electron chi connectivity index (χ3n) is 9.29. The fraction of sp³-hybridized carbons (Fsp3) is 0.697. The molecule has 0 heteroatoms. The van der Waals surface area contributed by atoms with Gasteiger partial charge in [-0.15, -0.1) is 0 Å². The Hall–Kier alpha value is -1.30. The van der Waals surface area contributed by atoms with Gasteiger partial charge in [0.25, 0.3) is 0 Å². The van der Waals surface area contributed by atoms with Crippen LogP contribution in [0, 0.1) is 45.3 Å². The molecule has 0 saturated heterocycles. The lowest BCUT2D eigenvalue weighted by atomic mass is 9.48. The summed E-state index contributed by atoms with van der Waals surface area (Å²) in [6, 6.07) is 0. The molecule has 0 aliphatic rings. The van der Waals surface area contributed by atoms with Crippen LogP contribution in [0.4, 0.5) is 0 Å². The highest BCUT2D eigenvalue weighted by molar-refractivity contribution is 5.27. The van der Waals surface area contributed by atoms with Crippen LogP contribution < -0.4 is 0 Å². The first-order valence-corrected chi connectivity index (χ1v) is 13.1. The highest BCUT2D eigenvalue weighted by Gasteiger charge is 2.51. The fourth-order valence-corrected chi connectivity index (χ4v) is 4.97. The molecule has 0 amide bonds. The third-order valence-corrected chi connectivity index (χ3v) is 9.29. The molecule has 0 aromatic rings. The first-order chi connectivity index (χ1) is 14.8. The van der Waals surface area contributed by atoms with Crippen molar-refractivity contribution in [2.24, 2.45) is 45.3 Å². The van der Waals surface area contributed by atoms with Crippen LogP contribution >= 0.6 is 0 Å². The zero-order valence-electron chi connectivity index (χ0n) is 24.7. The highest BCUT2D eigenvalue weighted by atomic mass is 14.6. The van der Waals surface area contributed by atoms with Crippen LogP contribution in [-0.2, 0) is 0 Å². The number of hydrogen-bond donors (Lipinski definition) is 0. The van der Waals surface area contributed by atoms with Gasteiger partial charge in [-0.25, -0.2) is 0 Å².